The molecule has 1 aromatic heterocycles. The van der Waals surface area contributed by atoms with Crippen molar-refractivity contribution in [2.75, 3.05) is 0 Å². The first-order valence-electron chi connectivity index (χ1n) is 10.4. The number of hydrogen-bond acceptors (Lipinski definition) is 3. The third-order valence-corrected chi connectivity index (χ3v) is 7.76. The van der Waals surface area contributed by atoms with Crippen molar-refractivity contribution < 1.29 is 9.59 Å². The molecule has 3 aromatic carbocycles. The highest BCUT2D eigenvalue weighted by Crippen LogP contribution is 2.36. The molecule has 0 N–H and O–H groups in total. The lowest BCUT2D eigenvalue weighted by atomic mass is 10.1. The van der Waals surface area contributed by atoms with E-state index in [1.54, 1.807) is 12.1 Å². The number of rotatable bonds is 5. The van der Waals surface area contributed by atoms with Gasteiger partial charge < -0.3 is 4.57 Å². The Kier molecular flexibility index (Phi) is 6.58. The van der Waals surface area contributed by atoms with E-state index in [0.717, 1.165) is 43.8 Å². The molecular weight excluding hydrogens is 555 g/mol. The number of thioether (sulfide) groups is 1. The predicted molar refractivity (Wildman–Crippen MR) is 143 cm³/mol. The summed E-state index contributed by atoms with van der Waals surface area (Å²) >= 11 is 17.1. The van der Waals surface area contributed by atoms with Gasteiger partial charge in [-0.25, -0.2) is 0 Å². The molecule has 0 saturated carbocycles. The van der Waals surface area contributed by atoms with E-state index in [-0.39, 0.29) is 17.7 Å². The van der Waals surface area contributed by atoms with E-state index in [4.69, 9.17) is 23.2 Å². The van der Waals surface area contributed by atoms with E-state index in [0.29, 0.717) is 21.5 Å². The Bertz CT molecular complexity index is 1480. The minimum Gasteiger partial charge on any atom is -0.342 e. The van der Waals surface area contributed by atoms with Gasteiger partial charge in [0.25, 0.3) is 11.1 Å². The molecule has 1 aliphatic heterocycles. The third kappa shape index (κ3) is 4.56. The first-order valence-corrected chi connectivity index (χ1v) is 12.8. The van der Waals surface area contributed by atoms with Gasteiger partial charge in [0.2, 0.25) is 0 Å². The van der Waals surface area contributed by atoms with E-state index in [1.165, 1.54) is 4.90 Å². The number of imide groups is 1. The third-order valence-electron chi connectivity index (χ3n) is 5.62. The summed E-state index contributed by atoms with van der Waals surface area (Å²) < 4.78 is 3.03. The number of benzene rings is 3. The van der Waals surface area contributed by atoms with Crippen molar-refractivity contribution in [1.82, 2.24) is 9.47 Å². The maximum absolute atomic E-state index is 13.1. The van der Waals surface area contributed by atoms with Gasteiger partial charge in [0.05, 0.1) is 11.4 Å². The van der Waals surface area contributed by atoms with Crippen LogP contribution in [0.5, 0.6) is 0 Å². The van der Waals surface area contributed by atoms with Gasteiger partial charge in [-0.1, -0.05) is 75.5 Å². The van der Waals surface area contributed by atoms with Gasteiger partial charge in [-0.05, 0) is 59.3 Å². The van der Waals surface area contributed by atoms with Crippen molar-refractivity contribution in [3.05, 3.63) is 109 Å². The van der Waals surface area contributed by atoms with E-state index in [1.807, 2.05) is 66.9 Å². The van der Waals surface area contributed by atoms with Crippen LogP contribution in [0.25, 0.3) is 17.0 Å². The second-order valence-corrected chi connectivity index (χ2v) is 10.5. The van der Waals surface area contributed by atoms with Crippen molar-refractivity contribution in [3.8, 4) is 0 Å². The van der Waals surface area contributed by atoms with Crippen molar-refractivity contribution in [1.29, 1.82) is 0 Å². The molecule has 170 valence electrons. The average molecular weight is 572 g/mol. The molecule has 0 bridgehead atoms. The molecule has 0 atom stereocenters. The van der Waals surface area contributed by atoms with Crippen LogP contribution in [0.1, 0.15) is 16.7 Å². The van der Waals surface area contributed by atoms with Crippen LogP contribution >= 0.6 is 50.9 Å². The largest absolute Gasteiger partial charge is 0.342 e. The lowest BCUT2D eigenvalue weighted by Crippen LogP contribution is -2.27. The second kappa shape index (κ2) is 9.62. The van der Waals surface area contributed by atoms with Crippen molar-refractivity contribution in [3.63, 3.8) is 0 Å². The maximum Gasteiger partial charge on any atom is 0.293 e. The summed E-state index contributed by atoms with van der Waals surface area (Å²) in [4.78, 5) is 27.4. The highest BCUT2D eigenvalue weighted by Gasteiger charge is 2.35. The highest BCUT2D eigenvalue weighted by molar-refractivity contribution is 9.10. The Morgan fingerprint density at radius 3 is 2.21 bits per heavy atom. The summed E-state index contributed by atoms with van der Waals surface area (Å²) in [5.74, 6) is -0.322. The Labute approximate surface area is 219 Å². The molecule has 1 fully saturated rings. The molecule has 34 heavy (non-hydrogen) atoms. The summed E-state index contributed by atoms with van der Waals surface area (Å²) in [5, 5.41) is 1.89. The quantitative estimate of drug-likeness (QED) is 0.228. The minimum absolute atomic E-state index is 0.140. The standard InChI is InChI=1S/C26H17BrCl2N2O2S/c27-19-9-10-23-20(12-19)18(14-30(23)13-16-5-1-3-7-21(16)28)11-24-25(32)31(26(33)34-24)15-17-6-2-4-8-22(17)29/h1-12,14H,13,15H2/b24-11-. The van der Waals surface area contributed by atoms with Crippen molar-refractivity contribution in [2.45, 2.75) is 13.1 Å². The first kappa shape index (κ1) is 23.2. The fourth-order valence-corrected chi connectivity index (χ4v) is 5.51. The molecule has 1 saturated heterocycles. The molecule has 0 radical (unpaired) electrons. The summed E-state index contributed by atoms with van der Waals surface area (Å²) in [6.45, 7) is 0.723. The number of hydrogen-bond donors (Lipinski definition) is 0. The van der Waals surface area contributed by atoms with Crippen LogP contribution < -0.4 is 0 Å². The van der Waals surface area contributed by atoms with Gasteiger partial charge in [0, 0.05) is 43.7 Å². The number of carbonyl (C=O) groups excluding carboxylic acids is 2. The molecule has 4 aromatic rings. The molecule has 5 rings (SSSR count). The number of carbonyl (C=O) groups is 2. The lowest BCUT2D eigenvalue weighted by Gasteiger charge is -2.13. The number of amides is 2. The van der Waals surface area contributed by atoms with E-state index >= 15 is 0 Å². The van der Waals surface area contributed by atoms with Crippen LogP contribution in [-0.4, -0.2) is 20.6 Å². The SMILES string of the molecule is O=C1S/C(=C\c2cn(Cc3ccccc3Cl)c3ccc(Br)cc23)C(=O)N1Cc1ccccc1Cl. The Balaban J connectivity index is 1.50. The van der Waals surface area contributed by atoms with E-state index in [9.17, 15) is 9.59 Å². The van der Waals surface area contributed by atoms with Gasteiger partial charge in [-0.3, -0.25) is 14.5 Å². The molecule has 8 heteroatoms. The Hall–Kier alpha value is -2.51. The topological polar surface area (TPSA) is 42.3 Å². The monoisotopic (exact) mass is 570 g/mol. The molecule has 4 nitrogen and oxygen atoms in total. The zero-order valence-corrected chi connectivity index (χ0v) is 21.6. The molecule has 0 spiro atoms. The van der Waals surface area contributed by atoms with Crippen LogP contribution in [0.15, 0.2) is 82.3 Å². The lowest BCUT2D eigenvalue weighted by molar-refractivity contribution is -0.123. The molecule has 2 amide bonds. The number of fused-ring (bicyclic) bond motifs is 1. The van der Waals surface area contributed by atoms with Crippen LogP contribution in [0.2, 0.25) is 10.0 Å². The summed E-state index contributed by atoms with van der Waals surface area (Å²) in [7, 11) is 0. The second-order valence-electron chi connectivity index (χ2n) is 7.82. The van der Waals surface area contributed by atoms with Crippen molar-refractivity contribution in [2.24, 2.45) is 0 Å². The molecule has 2 heterocycles. The molecular formula is C26H17BrCl2N2O2S. The van der Waals surface area contributed by atoms with Crippen molar-refractivity contribution >= 4 is 79.0 Å². The number of aromatic nitrogens is 1. The first-order chi connectivity index (χ1) is 16.4. The smallest absolute Gasteiger partial charge is 0.293 e. The Morgan fingerprint density at radius 2 is 1.53 bits per heavy atom. The van der Waals surface area contributed by atoms with Gasteiger partial charge in [-0.15, -0.1) is 0 Å². The minimum atomic E-state index is -0.322. The maximum atomic E-state index is 13.1. The highest BCUT2D eigenvalue weighted by atomic mass is 79.9. The van der Waals surface area contributed by atoms with Gasteiger partial charge >= 0.3 is 0 Å². The normalized spacial score (nSPS) is 15.1. The summed E-state index contributed by atoms with van der Waals surface area (Å²) in [6.07, 6.45) is 3.78. The zero-order valence-electron chi connectivity index (χ0n) is 17.7. The fourth-order valence-electron chi connectivity index (χ4n) is 3.93. The average Bonchev–Trinajstić information content (AvgIpc) is 3.28. The summed E-state index contributed by atoms with van der Waals surface area (Å²) in [6, 6.07) is 21.0. The van der Waals surface area contributed by atoms with Gasteiger partial charge in [0.15, 0.2) is 0 Å². The van der Waals surface area contributed by atoms with Crippen LogP contribution in [0.3, 0.4) is 0 Å². The van der Waals surface area contributed by atoms with E-state index < -0.39 is 0 Å². The zero-order chi connectivity index (χ0) is 23.8. The molecule has 0 aliphatic carbocycles. The molecule has 1 aliphatic rings. The van der Waals surface area contributed by atoms with E-state index in [2.05, 4.69) is 20.5 Å². The number of halogens is 3. The fraction of sp³-hybridized carbons (Fsp3) is 0.0769. The molecule has 0 unspecified atom stereocenters. The Morgan fingerprint density at radius 1 is 0.882 bits per heavy atom. The number of nitrogens with zero attached hydrogens (tertiary/aromatic N) is 2. The van der Waals surface area contributed by atoms with Gasteiger partial charge in [0.1, 0.15) is 0 Å². The van der Waals surface area contributed by atoms with Crippen LogP contribution in [-0.2, 0) is 17.9 Å². The summed E-state index contributed by atoms with van der Waals surface area (Å²) in [5.41, 5.74) is 3.58. The predicted octanol–water partition coefficient (Wildman–Crippen LogP) is 8.00. The van der Waals surface area contributed by atoms with Gasteiger partial charge in [-0.2, -0.15) is 0 Å². The van der Waals surface area contributed by atoms with Crippen LogP contribution in [0, 0.1) is 0 Å². The van der Waals surface area contributed by atoms with Crippen LogP contribution in [0.4, 0.5) is 4.79 Å².